The van der Waals surface area contributed by atoms with E-state index in [4.69, 9.17) is 0 Å². The number of nitrogens with zero attached hydrogens (tertiary/aromatic N) is 5. The van der Waals surface area contributed by atoms with E-state index >= 15 is 0 Å². The zero-order chi connectivity index (χ0) is 23.5. The monoisotopic (exact) mass is 459 g/mol. The molecule has 0 aliphatic heterocycles. The summed E-state index contributed by atoms with van der Waals surface area (Å²) in [5, 5.41) is 9.81. The molecule has 8 heteroatoms. The third kappa shape index (κ3) is 4.21. The van der Waals surface area contributed by atoms with Gasteiger partial charge in [0.2, 0.25) is 11.7 Å². The van der Waals surface area contributed by atoms with Gasteiger partial charge >= 0.3 is 0 Å². The Balaban J connectivity index is 1.85. The Morgan fingerprint density at radius 2 is 1.82 bits per heavy atom. The number of hydrogen-bond acceptors (Lipinski definition) is 5. The lowest BCUT2D eigenvalue weighted by Gasteiger charge is -2.18. The summed E-state index contributed by atoms with van der Waals surface area (Å²) < 4.78 is 3.44. The molecule has 0 saturated carbocycles. The molecule has 0 N–H and O–H groups in total. The van der Waals surface area contributed by atoms with E-state index < -0.39 is 0 Å². The first-order chi connectivity index (χ1) is 16.0. The maximum absolute atomic E-state index is 13.5. The highest BCUT2D eigenvalue weighted by Crippen LogP contribution is 2.24. The molecule has 4 aromatic rings. The fourth-order valence-corrected chi connectivity index (χ4v) is 4.70. The van der Waals surface area contributed by atoms with Crippen LogP contribution in [0.2, 0.25) is 0 Å². The van der Waals surface area contributed by atoms with E-state index in [2.05, 4.69) is 23.4 Å². The summed E-state index contributed by atoms with van der Waals surface area (Å²) in [6.45, 7) is 12.3. The largest absolute Gasteiger partial charge is 0.335 e. The molecule has 0 fully saturated rings. The standard InChI is InChI=1S/C25H25N5O2S/c1-5-13-28(14-6-2)22(31)16-33-25-27-26-24-29(20-12-11-17(3)15-18(20)4)23(32)19-9-7-8-10-21(19)30(24)25/h5-12,15H,1-2,13-14,16H2,3-4H3. The zero-order valence-electron chi connectivity index (χ0n) is 18.7. The van der Waals surface area contributed by atoms with Crippen molar-refractivity contribution in [1.29, 1.82) is 0 Å². The van der Waals surface area contributed by atoms with Crippen LogP contribution in [0.5, 0.6) is 0 Å². The van der Waals surface area contributed by atoms with E-state index in [1.807, 2.05) is 54.6 Å². The van der Waals surface area contributed by atoms with Gasteiger partial charge in [-0.05, 0) is 37.6 Å². The maximum atomic E-state index is 13.5. The number of para-hydroxylation sites is 1. The Kier molecular flexibility index (Phi) is 6.46. The number of fused-ring (bicyclic) bond motifs is 3. The zero-order valence-corrected chi connectivity index (χ0v) is 19.5. The molecule has 0 aliphatic rings. The Morgan fingerprint density at radius 1 is 1.09 bits per heavy atom. The Morgan fingerprint density at radius 3 is 2.52 bits per heavy atom. The van der Waals surface area contributed by atoms with Crippen LogP contribution in [0.25, 0.3) is 22.4 Å². The summed E-state index contributed by atoms with van der Waals surface area (Å²) in [6, 6.07) is 13.3. The number of rotatable bonds is 8. The van der Waals surface area contributed by atoms with Crippen molar-refractivity contribution in [3.05, 3.63) is 89.3 Å². The molecule has 7 nitrogen and oxygen atoms in total. The second-order valence-corrected chi connectivity index (χ2v) is 8.67. The van der Waals surface area contributed by atoms with Crippen LogP contribution < -0.4 is 5.56 Å². The van der Waals surface area contributed by atoms with Crippen LogP contribution >= 0.6 is 11.8 Å². The number of carbonyl (C=O) groups is 1. The van der Waals surface area contributed by atoms with Gasteiger partial charge in [-0.3, -0.25) is 14.0 Å². The summed E-state index contributed by atoms with van der Waals surface area (Å²) in [4.78, 5) is 27.9. The highest BCUT2D eigenvalue weighted by molar-refractivity contribution is 7.99. The average molecular weight is 460 g/mol. The minimum Gasteiger partial charge on any atom is -0.335 e. The molecule has 0 bridgehead atoms. The number of thioether (sulfide) groups is 1. The first-order valence-corrected chi connectivity index (χ1v) is 11.5. The van der Waals surface area contributed by atoms with Gasteiger partial charge < -0.3 is 4.90 Å². The van der Waals surface area contributed by atoms with Crippen LogP contribution in [0, 0.1) is 13.8 Å². The fraction of sp³-hybridized carbons (Fsp3) is 0.200. The molecule has 2 heterocycles. The summed E-state index contributed by atoms with van der Waals surface area (Å²) in [6.07, 6.45) is 3.38. The van der Waals surface area contributed by atoms with Gasteiger partial charge in [-0.25, -0.2) is 4.57 Å². The van der Waals surface area contributed by atoms with Gasteiger partial charge in [0.15, 0.2) is 5.16 Å². The van der Waals surface area contributed by atoms with Crippen molar-refractivity contribution < 1.29 is 4.79 Å². The molecule has 0 aliphatic carbocycles. The Bertz CT molecular complexity index is 1430. The second kappa shape index (κ2) is 9.46. The van der Waals surface area contributed by atoms with Crippen LogP contribution in [0.3, 0.4) is 0 Å². The van der Waals surface area contributed by atoms with E-state index in [0.29, 0.717) is 34.9 Å². The van der Waals surface area contributed by atoms with Gasteiger partial charge in [-0.1, -0.05) is 53.7 Å². The lowest BCUT2D eigenvalue weighted by atomic mass is 10.1. The summed E-state index contributed by atoms with van der Waals surface area (Å²) in [5.74, 6) is 0.539. The van der Waals surface area contributed by atoms with E-state index in [1.165, 1.54) is 11.8 Å². The van der Waals surface area contributed by atoms with E-state index in [9.17, 15) is 9.59 Å². The molecule has 0 atom stereocenters. The average Bonchev–Trinajstić information content (AvgIpc) is 3.22. The van der Waals surface area contributed by atoms with Crippen molar-refractivity contribution in [3.8, 4) is 5.69 Å². The quantitative estimate of drug-likeness (QED) is 0.295. The van der Waals surface area contributed by atoms with Crippen LogP contribution in [0.4, 0.5) is 0 Å². The molecular formula is C25H25N5O2S. The molecule has 0 saturated heterocycles. The SMILES string of the molecule is C=CCN(CC=C)C(=O)CSc1nnc2n(-c3ccc(C)cc3C)c(=O)c3ccccc3n12. The molecule has 0 unspecified atom stereocenters. The van der Waals surface area contributed by atoms with Gasteiger partial charge in [0.05, 0.1) is 22.3 Å². The smallest absolute Gasteiger partial charge is 0.267 e. The highest BCUT2D eigenvalue weighted by atomic mass is 32.2. The third-order valence-electron chi connectivity index (χ3n) is 5.36. The second-order valence-electron chi connectivity index (χ2n) is 7.73. The van der Waals surface area contributed by atoms with Crippen molar-refractivity contribution in [3.63, 3.8) is 0 Å². The first kappa shape index (κ1) is 22.5. The lowest BCUT2D eigenvalue weighted by Crippen LogP contribution is -2.32. The minimum atomic E-state index is -0.159. The molecular weight excluding hydrogens is 434 g/mol. The van der Waals surface area contributed by atoms with Gasteiger partial charge in [0.1, 0.15) is 0 Å². The van der Waals surface area contributed by atoms with Gasteiger partial charge in [-0.2, -0.15) is 0 Å². The maximum Gasteiger partial charge on any atom is 0.267 e. The van der Waals surface area contributed by atoms with E-state index in [-0.39, 0.29) is 17.2 Å². The normalized spacial score (nSPS) is 11.1. The van der Waals surface area contributed by atoms with Gasteiger partial charge in [-0.15, -0.1) is 23.4 Å². The minimum absolute atomic E-state index is 0.0523. The van der Waals surface area contributed by atoms with E-state index in [1.54, 1.807) is 27.7 Å². The number of benzene rings is 2. The van der Waals surface area contributed by atoms with Crippen molar-refractivity contribution in [2.75, 3.05) is 18.8 Å². The van der Waals surface area contributed by atoms with Gasteiger partial charge in [0, 0.05) is 13.1 Å². The predicted molar refractivity (Wildman–Crippen MR) is 133 cm³/mol. The number of aromatic nitrogens is 4. The van der Waals surface area contributed by atoms with Crippen LogP contribution in [-0.4, -0.2) is 48.8 Å². The van der Waals surface area contributed by atoms with Crippen molar-refractivity contribution in [2.24, 2.45) is 0 Å². The topological polar surface area (TPSA) is 72.5 Å². The molecule has 0 radical (unpaired) electrons. The van der Waals surface area contributed by atoms with Crippen molar-refractivity contribution in [1.82, 2.24) is 24.1 Å². The van der Waals surface area contributed by atoms with E-state index in [0.717, 1.165) is 16.8 Å². The molecule has 2 aromatic carbocycles. The van der Waals surface area contributed by atoms with Crippen LogP contribution in [-0.2, 0) is 4.79 Å². The number of amides is 1. The Labute approximate surface area is 196 Å². The van der Waals surface area contributed by atoms with Crippen molar-refractivity contribution >= 4 is 34.3 Å². The molecule has 33 heavy (non-hydrogen) atoms. The molecule has 4 rings (SSSR count). The number of aryl methyl sites for hydroxylation is 2. The predicted octanol–water partition coefficient (Wildman–Crippen LogP) is 3.94. The lowest BCUT2D eigenvalue weighted by molar-refractivity contribution is -0.127. The van der Waals surface area contributed by atoms with Crippen molar-refractivity contribution in [2.45, 2.75) is 19.0 Å². The number of carbonyl (C=O) groups excluding carboxylic acids is 1. The first-order valence-electron chi connectivity index (χ1n) is 10.5. The number of hydrogen-bond donors (Lipinski definition) is 0. The Hall–Kier alpha value is -3.65. The summed E-state index contributed by atoms with van der Waals surface area (Å²) in [7, 11) is 0. The molecule has 2 aromatic heterocycles. The summed E-state index contributed by atoms with van der Waals surface area (Å²) >= 11 is 1.29. The third-order valence-corrected chi connectivity index (χ3v) is 6.28. The molecule has 1 amide bonds. The van der Waals surface area contributed by atoms with Gasteiger partial charge in [0.25, 0.3) is 5.56 Å². The van der Waals surface area contributed by atoms with Crippen LogP contribution in [0.1, 0.15) is 11.1 Å². The highest BCUT2D eigenvalue weighted by Gasteiger charge is 2.20. The fourth-order valence-electron chi connectivity index (χ4n) is 3.85. The molecule has 168 valence electrons. The summed E-state index contributed by atoms with van der Waals surface area (Å²) in [5.41, 5.74) is 3.37. The molecule has 0 spiro atoms. The van der Waals surface area contributed by atoms with Crippen LogP contribution in [0.15, 0.2) is 77.7 Å².